The summed E-state index contributed by atoms with van der Waals surface area (Å²) in [5.74, 6) is 1.69. The SMILES string of the molecule is CCNC(=NCc1ccc([N+](=O)[O-])cc1)NCC(c1ccco1)N1CCCCC1. The van der Waals surface area contributed by atoms with Crippen molar-refractivity contribution in [1.29, 1.82) is 0 Å². The van der Waals surface area contributed by atoms with Crippen molar-refractivity contribution in [2.45, 2.75) is 38.8 Å². The first kappa shape index (κ1) is 20.9. The van der Waals surface area contributed by atoms with E-state index in [1.807, 2.05) is 19.1 Å². The molecule has 1 aliphatic heterocycles. The zero-order valence-electron chi connectivity index (χ0n) is 16.8. The summed E-state index contributed by atoms with van der Waals surface area (Å²) in [6.45, 7) is 6.06. The van der Waals surface area contributed by atoms with E-state index in [1.165, 1.54) is 31.4 Å². The lowest BCUT2D eigenvalue weighted by atomic mass is 10.1. The molecule has 1 atom stereocenters. The van der Waals surface area contributed by atoms with E-state index >= 15 is 0 Å². The molecule has 3 rings (SSSR count). The molecule has 8 nitrogen and oxygen atoms in total. The molecule has 0 amide bonds. The maximum absolute atomic E-state index is 10.8. The number of rotatable bonds is 8. The Hall–Kier alpha value is -2.87. The third-order valence-electron chi connectivity index (χ3n) is 5.08. The normalized spacial score (nSPS) is 16.4. The number of furan rings is 1. The highest BCUT2D eigenvalue weighted by molar-refractivity contribution is 5.79. The molecule has 1 unspecified atom stereocenters. The molecule has 8 heteroatoms. The number of nitro benzene ring substituents is 1. The molecule has 0 spiro atoms. The molecule has 1 fully saturated rings. The van der Waals surface area contributed by atoms with Crippen LogP contribution in [0.15, 0.2) is 52.1 Å². The molecule has 156 valence electrons. The number of likely N-dealkylation sites (tertiary alicyclic amines) is 1. The van der Waals surface area contributed by atoms with Crippen molar-refractivity contribution in [2.24, 2.45) is 4.99 Å². The summed E-state index contributed by atoms with van der Waals surface area (Å²) in [7, 11) is 0. The van der Waals surface area contributed by atoms with Gasteiger partial charge in [-0.2, -0.15) is 0 Å². The monoisotopic (exact) mass is 399 g/mol. The smallest absolute Gasteiger partial charge is 0.269 e. The van der Waals surface area contributed by atoms with Crippen LogP contribution in [0.25, 0.3) is 0 Å². The molecule has 2 aromatic rings. The molecule has 1 aliphatic rings. The number of hydrogen-bond acceptors (Lipinski definition) is 5. The van der Waals surface area contributed by atoms with E-state index in [-0.39, 0.29) is 11.7 Å². The summed E-state index contributed by atoms with van der Waals surface area (Å²) in [6, 6.07) is 10.6. The first-order valence-electron chi connectivity index (χ1n) is 10.2. The van der Waals surface area contributed by atoms with E-state index < -0.39 is 4.92 Å². The highest BCUT2D eigenvalue weighted by Crippen LogP contribution is 2.24. The van der Waals surface area contributed by atoms with Crippen LogP contribution < -0.4 is 10.6 Å². The minimum atomic E-state index is -0.395. The molecule has 1 aromatic heterocycles. The summed E-state index contributed by atoms with van der Waals surface area (Å²) in [6.07, 6.45) is 5.44. The van der Waals surface area contributed by atoms with Crippen molar-refractivity contribution in [3.63, 3.8) is 0 Å². The molecular weight excluding hydrogens is 370 g/mol. The van der Waals surface area contributed by atoms with Crippen molar-refractivity contribution < 1.29 is 9.34 Å². The van der Waals surface area contributed by atoms with Gasteiger partial charge in [-0.15, -0.1) is 0 Å². The number of aliphatic imine (C=N–C) groups is 1. The first-order valence-corrected chi connectivity index (χ1v) is 10.2. The molecule has 2 N–H and O–H groups in total. The predicted octanol–water partition coefficient (Wildman–Crippen LogP) is 3.47. The van der Waals surface area contributed by atoms with Crippen LogP contribution in [0.4, 0.5) is 5.69 Å². The second-order valence-electron chi connectivity index (χ2n) is 7.13. The zero-order valence-corrected chi connectivity index (χ0v) is 16.8. The highest BCUT2D eigenvalue weighted by Gasteiger charge is 2.24. The van der Waals surface area contributed by atoms with Crippen molar-refractivity contribution in [1.82, 2.24) is 15.5 Å². The van der Waals surface area contributed by atoms with Crippen molar-refractivity contribution in [3.05, 3.63) is 64.1 Å². The molecule has 1 aromatic carbocycles. The lowest BCUT2D eigenvalue weighted by molar-refractivity contribution is -0.384. The van der Waals surface area contributed by atoms with E-state index in [0.29, 0.717) is 13.1 Å². The van der Waals surface area contributed by atoms with Gasteiger partial charge in [0.2, 0.25) is 0 Å². The maximum atomic E-state index is 10.8. The van der Waals surface area contributed by atoms with Gasteiger partial charge >= 0.3 is 0 Å². The molecule has 1 saturated heterocycles. The number of piperidine rings is 1. The molecule has 2 heterocycles. The van der Waals surface area contributed by atoms with Crippen molar-refractivity contribution in [3.8, 4) is 0 Å². The van der Waals surface area contributed by atoms with Gasteiger partial charge in [-0.3, -0.25) is 15.0 Å². The molecule has 0 radical (unpaired) electrons. The summed E-state index contributed by atoms with van der Waals surface area (Å²) >= 11 is 0. The third-order valence-corrected chi connectivity index (χ3v) is 5.08. The average molecular weight is 399 g/mol. The summed E-state index contributed by atoms with van der Waals surface area (Å²) in [5.41, 5.74) is 1.01. The number of guanidine groups is 1. The van der Waals surface area contributed by atoms with Gasteiger partial charge in [0.05, 0.1) is 23.8 Å². The summed E-state index contributed by atoms with van der Waals surface area (Å²) < 4.78 is 5.70. The molecule has 29 heavy (non-hydrogen) atoms. The van der Waals surface area contributed by atoms with Crippen molar-refractivity contribution in [2.75, 3.05) is 26.2 Å². The largest absolute Gasteiger partial charge is 0.468 e. The van der Waals surface area contributed by atoms with E-state index in [4.69, 9.17) is 4.42 Å². The van der Waals surface area contributed by atoms with E-state index in [2.05, 4.69) is 20.5 Å². The van der Waals surface area contributed by atoms with Crippen LogP contribution in [0.5, 0.6) is 0 Å². The Kier molecular flexibility index (Phi) is 7.63. The molecule has 0 bridgehead atoms. The number of benzene rings is 1. The first-order chi connectivity index (χ1) is 14.2. The Morgan fingerprint density at radius 3 is 2.59 bits per heavy atom. The van der Waals surface area contributed by atoms with Gasteiger partial charge in [0, 0.05) is 25.2 Å². The quantitative estimate of drug-likeness (QED) is 0.305. The van der Waals surface area contributed by atoms with Crippen LogP contribution in [0.3, 0.4) is 0 Å². The molecule has 0 aliphatic carbocycles. The van der Waals surface area contributed by atoms with E-state index in [9.17, 15) is 10.1 Å². The predicted molar refractivity (Wildman–Crippen MR) is 113 cm³/mol. The Labute approximate surface area is 171 Å². The van der Waals surface area contributed by atoms with Crippen LogP contribution in [-0.2, 0) is 6.54 Å². The fraction of sp³-hybridized carbons (Fsp3) is 0.476. The van der Waals surface area contributed by atoms with Crippen molar-refractivity contribution >= 4 is 11.6 Å². The number of nitrogens with one attached hydrogen (secondary N) is 2. The van der Waals surface area contributed by atoms with Gasteiger partial charge in [-0.05, 0) is 50.6 Å². The fourth-order valence-corrected chi connectivity index (χ4v) is 3.55. The van der Waals surface area contributed by atoms with Gasteiger partial charge in [0.25, 0.3) is 5.69 Å². The number of hydrogen-bond donors (Lipinski definition) is 2. The minimum Gasteiger partial charge on any atom is -0.468 e. The Morgan fingerprint density at radius 1 is 1.21 bits per heavy atom. The molecular formula is C21H29N5O3. The Bertz CT molecular complexity index is 783. The second-order valence-corrected chi connectivity index (χ2v) is 7.13. The summed E-state index contributed by atoms with van der Waals surface area (Å²) in [4.78, 5) is 17.5. The second kappa shape index (κ2) is 10.6. The minimum absolute atomic E-state index is 0.0885. The number of non-ortho nitro benzene ring substituents is 1. The van der Waals surface area contributed by atoms with Crippen LogP contribution in [-0.4, -0.2) is 42.0 Å². The fourth-order valence-electron chi connectivity index (χ4n) is 3.55. The maximum Gasteiger partial charge on any atom is 0.269 e. The van der Waals surface area contributed by atoms with Crippen LogP contribution in [0, 0.1) is 10.1 Å². The lowest BCUT2D eigenvalue weighted by Gasteiger charge is -2.33. The van der Waals surface area contributed by atoms with Crippen LogP contribution in [0.2, 0.25) is 0 Å². The number of nitrogens with zero attached hydrogens (tertiary/aromatic N) is 3. The van der Waals surface area contributed by atoms with Crippen LogP contribution in [0.1, 0.15) is 43.6 Å². The summed E-state index contributed by atoms with van der Waals surface area (Å²) in [5, 5.41) is 17.5. The van der Waals surface area contributed by atoms with Gasteiger partial charge in [-0.1, -0.05) is 18.6 Å². The lowest BCUT2D eigenvalue weighted by Crippen LogP contribution is -2.44. The Morgan fingerprint density at radius 2 is 1.97 bits per heavy atom. The standard InChI is InChI=1S/C21H29N5O3/c1-2-22-21(23-15-17-8-10-18(11-9-17)26(27)28)24-16-19(20-7-6-14-29-20)25-12-4-3-5-13-25/h6-11,14,19H,2-5,12-13,15-16H2,1H3,(H2,22,23,24). The average Bonchev–Trinajstić information content (AvgIpc) is 3.27. The van der Waals surface area contributed by atoms with Gasteiger partial charge < -0.3 is 15.1 Å². The van der Waals surface area contributed by atoms with Gasteiger partial charge in [-0.25, -0.2) is 4.99 Å². The molecule has 0 saturated carbocycles. The van der Waals surface area contributed by atoms with Gasteiger partial charge in [0.15, 0.2) is 5.96 Å². The number of nitro groups is 1. The third kappa shape index (κ3) is 6.05. The highest BCUT2D eigenvalue weighted by atomic mass is 16.6. The van der Waals surface area contributed by atoms with Crippen LogP contribution >= 0.6 is 0 Å². The zero-order chi connectivity index (χ0) is 20.5. The van der Waals surface area contributed by atoms with E-state index in [0.717, 1.165) is 36.9 Å². The topological polar surface area (TPSA) is 95.9 Å². The van der Waals surface area contributed by atoms with E-state index in [1.54, 1.807) is 18.4 Å². The Balaban J connectivity index is 1.64. The van der Waals surface area contributed by atoms with Gasteiger partial charge in [0.1, 0.15) is 5.76 Å².